The molecular formula is C14H16N2O6S. The molecule has 1 saturated heterocycles. The van der Waals surface area contributed by atoms with Crippen molar-refractivity contribution in [1.82, 2.24) is 9.29 Å². The van der Waals surface area contributed by atoms with Crippen molar-refractivity contribution in [2.45, 2.75) is 24.3 Å². The fraction of sp³-hybridized carbons (Fsp3) is 0.500. The van der Waals surface area contributed by atoms with Crippen LogP contribution in [0.5, 0.6) is 0 Å². The summed E-state index contributed by atoms with van der Waals surface area (Å²) in [7, 11) is -3.87. The number of rotatable bonds is 4. The summed E-state index contributed by atoms with van der Waals surface area (Å²) < 4.78 is 26.4. The summed E-state index contributed by atoms with van der Waals surface area (Å²) in [6.07, 6.45) is 2.76. The lowest BCUT2D eigenvalue weighted by Gasteiger charge is -2.31. The van der Waals surface area contributed by atoms with Crippen LogP contribution in [-0.2, 0) is 14.8 Å². The lowest BCUT2D eigenvalue weighted by atomic mass is 9.92. The van der Waals surface area contributed by atoms with Crippen LogP contribution < -0.4 is 0 Å². The molecule has 0 radical (unpaired) electrons. The molecule has 0 aromatic carbocycles. The number of carboxylic acid groups (broad SMARTS) is 2. The van der Waals surface area contributed by atoms with Gasteiger partial charge in [-0.2, -0.15) is 4.31 Å². The number of hydrogen-bond acceptors (Lipinski definition) is 5. The normalized spacial score (nSPS) is 23.6. The maximum Gasteiger partial charge on any atom is 0.335 e. The molecule has 1 atom stereocenters. The number of aliphatic carboxylic acids is 1. The first kappa shape index (κ1) is 15.9. The summed E-state index contributed by atoms with van der Waals surface area (Å²) >= 11 is 0. The zero-order chi connectivity index (χ0) is 16.8. The van der Waals surface area contributed by atoms with E-state index in [1.165, 1.54) is 10.4 Å². The van der Waals surface area contributed by atoms with Gasteiger partial charge in [0.2, 0.25) is 0 Å². The number of pyridine rings is 1. The molecule has 23 heavy (non-hydrogen) atoms. The van der Waals surface area contributed by atoms with Crippen LogP contribution in [0, 0.1) is 11.3 Å². The molecule has 2 aliphatic rings. The Hall–Kier alpha value is -2.00. The Balaban J connectivity index is 1.76. The fourth-order valence-electron chi connectivity index (χ4n) is 3.24. The van der Waals surface area contributed by atoms with E-state index in [-0.39, 0.29) is 35.0 Å². The maximum atomic E-state index is 12.6. The molecule has 124 valence electrons. The van der Waals surface area contributed by atoms with Gasteiger partial charge < -0.3 is 10.2 Å². The molecule has 8 nitrogen and oxygen atoms in total. The van der Waals surface area contributed by atoms with Gasteiger partial charge in [0.1, 0.15) is 0 Å². The number of hydrogen-bond donors (Lipinski definition) is 2. The molecule has 1 unspecified atom stereocenters. The van der Waals surface area contributed by atoms with Gasteiger partial charge >= 0.3 is 11.9 Å². The zero-order valence-corrected chi connectivity index (χ0v) is 13.0. The molecular weight excluding hydrogens is 324 g/mol. The minimum atomic E-state index is -3.87. The highest BCUT2D eigenvalue weighted by Crippen LogP contribution is 2.59. The second kappa shape index (κ2) is 5.27. The van der Waals surface area contributed by atoms with Gasteiger partial charge in [0, 0.05) is 19.3 Å². The summed E-state index contributed by atoms with van der Waals surface area (Å²) in [6, 6.07) is 2.27. The van der Waals surface area contributed by atoms with E-state index >= 15 is 0 Å². The number of carbonyl (C=O) groups is 2. The Morgan fingerprint density at radius 3 is 2.43 bits per heavy atom. The molecule has 0 bridgehead atoms. The van der Waals surface area contributed by atoms with Crippen LogP contribution in [0.2, 0.25) is 0 Å². The zero-order valence-electron chi connectivity index (χ0n) is 12.2. The van der Waals surface area contributed by atoms with Crippen LogP contribution in [0.15, 0.2) is 23.4 Å². The minimum absolute atomic E-state index is 0.139. The third-order valence-electron chi connectivity index (χ3n) is 4.79. The van der Waals surface area contributed by atoms with Crippen molar-refractivity contribution in [3.63, 3.8) is 0 Å². The molecule has 1 spiro atoms. The second-order valence-electron chi connectivity index (χ2n) is 6.05. The molecule has 0 amide bonds. The SMILES string of the molecule is O=C(O)c1ccnc(S(=O)(=O)N2CCC3(CC2)CC3C(=O)O)c1. The largest absolute Gasteiger partial charge is 0.481 e. The first-order chi connectivity index (χ1) is 10.8. The monoisotopic (exact) mass is 340 g/mol. The highest BCUT2D eigenvalue weighted by molar-refractivity contribution is 7.89. The van der Waals surface area contributed by atoms with E-state index in [0.29, 0.717) is 19.3 Å². The van der Waals surface area contributed by atoms with E-state index in [1.54, 1.807) is 0 Å². The summed E-state index contributed by atoms with van der Waals surface area (Å²) in [4.78, 5) is 25.8. The van der Waals surface area contributed by atoms with Gasteiger partial charge in [-0.25, -0.2) is 18.2 Å². The standard InChI is InChI=1S/C14H16N2O6S/c17-12(18)9-1-4-15-11(7-9)23(21,22)16-5-2-14(3-6-16)8-10(14)13(19)20/h1,4,7,10H,2-3,5-6,8H2,(H,17,18)(H,19,20). The van der Waals surface area contributed by atoms with Crippen LogP contribution in [0.4, 0.5) is 0 Å². The first-order valence-electron chi connectivity index (χ1n) is 7.19. The van der Waals surface area contributed by atoms with Crippen molar-refractivity contribution in [3.8, 4) is 0 Å². The van der Waals surface area contributed by atoms with Crippen molar-refractivity contribution in [2.75, 3.05) is 13.1 Å². The highest BCUT2D eigenvalue weighted by atomic mass is 32.2. The van der Waals surface area contributed by atoms with Crippen LogP contribution in [0.3, 0.4) is 0 Å². The van der Waals surface area contributed by atoms with Crippen LogP contribution >= 0.6 is 0 Å². The number of aromatic carboxylic acids is 1. The predicted molar refractivity (Wildman–Crippen MR) is 77.4 cm³/mol. The average Bonchev–Trinajstić information content (AvgIpc) is 3.22. The number of aromatic nitrogens is 1. The molecule has 1 aliphatic carbocycles. The van der Waals surface area contributed by atoms with E-state index in [2.05, 4.69) is 4.98 Å². The van der Waals surface area contributed by atoms with Crippen molar-refractivity contribution in [3.05, 3.63) is 23.9 Å². The fourth-order valence-corrected chi connectivity index (χ4v) is 4.63. The van der Waals surface area contributed by atoms with Crippen LogP contribution in [-0.4, -0.2) is 52.9 Å². The lowest BCUT2D eigenvalue weighted by molar-refractivity contribution is -0.139. The summed E-state index contributed by atoms with van der Waals surface area (Å²) in [5.41, 5.74) is -0.408. The maximum absolute atomic E-state index is 12.6. The van der Waals surface area contributed by atoms with Gasteiger partial charge in [-0.05, 0) is 36.8 Å². The lowest BCUT2D eigenvalue weighted by Crippen LogP contribution is -2.40. The van der Waals surface area contributed by atoms with E-state index in [4.69, 9.17) is 10.2 Å². The third-order valence-corrected chi connectivity index (χ3v) is 6.59. The van der Waals surface area contributed by atoms with E-state index in [1.807, 2.05) is 0 Å². The Morgan fingerprint density at radius 2 is 1.91 bits per heavy atom. The molecule has 2 heterocycles. The second-order valence-corrected chi connectivity index (χ2v) is 7.93. The molecule has 9 heteroatoms. The average molecular weight is 340 g/mol. The van der Waals surface area contributed by atoms with E-state index < -0.39 is 22.0 Å². The predicted octanol–water partition coefficient (Wildman–Crippen LogP) is 0.655. The van der Waals surface area contributed by atoms with Crippen molar-refractivity contribution >= 4 is 22.0 Å². The minimum Gasteiger partial charge on any atom is -0.481 e. The number of nitrogens with zero attached hydrogens (tertiary/aromatic N) is 2. The molecule has 1 aliphatic heterocycles. The molecule has 2 fully saturated rings. The summed E-state index contributed by atoms with van der Waals surface area (Å²) in [6.45, 7) is 0.455. The van der Waals surface area contributed by atoms with Crippen molar-refractivity contribution in [2.24, 2.45) is 11.3 Å². The Bertz CT molecular complexity index is 767. The molecule has 1 aromatic heterocycles. The Labute approximate surface area is 132 Å². The Kier molecular flexibility index (Phi) is 3.64. The van der Waals surface area contributed by atoms with Gasteiger partial charge in [-0.1, -0.05) is 0 Å². The van der Waals surface area contributed by atoms with Crippen LogP contribution in [0.1, 0.15) is 29.6 Å². The van der Waals surface area contributed by atoms with Crippen molar-refractivity contribution in [1.29, 1.82) is 0 Å². The topological polar surface area (TPSA) is 125 Å². The van der Waals surface area contributed by atoms with E-state index in [0.717, 1.165) is 12.3 Å². The summed E-state index contributed by atoms with van der Waals surface area (Å²) in [5.74, 6) is -2.42. The van der Waals surface area contributed by atoms with Gasteiger partial charge in [-0.3, -0.25) is 4.79 Å². The Morgan fingerprint density at radius 1 is 1.26 bits per heavy atom. The van der Waals surface area contributed by atoms with Crippen LogP contribution in [0.25, 0.3) is 0 Å². The number of sulfonamides is 1. The van der Waals surface area contributed by atoms with E-state index in [9.17, 15) is 18.0 Å². The molecule has 1 saturated carbocycles. The molecule has 3 rings (SSSR count). The smallest absolute Gasteiger partial charge is 0.335 e. The van der Waals surface area contributed by atoms with Gasteiger partial charge in [0.15, 0.2) is 5.03 Å². The molecule has 2 N–H and O–H groups in total. The van der Waals surface area contributed by atoms with Crippen molar-refractivity contribution < 1.29 is 28.2 Å². The van der Waals surface area contributed by atoms with Gasteiger partial charge in [0.25, 0.3) is 10.0 Å². The number of carboxylic acids is 2. The molecule has 1 aromatic rings. The first-order valence-corrected chi connectivity index (χ1v) is 8.63. The van der Waals surface area contributed by atoms with Gasteiger partial charge in [0.05, 0.1) is 11.5 Å². The van der Waals surface area contributed by atoms with Gasteiger partial charge in [-0.15, -0.1) is 0 Å². The quantitative estimate of drug-likeness (QED) is 0.824. The highest BCUT2D eigenvalue weighted by Gasteiger charge is 2.59. The third kappa shape index (κ3) is 2.70. The number of piperidine rings is 1. The summed E-state index contributed by atoms with van der Waals surface area (Å²) in [5, 5.41) is 17.7.